The number of furan rings is 1. The monoisotopic (exact) mass is 706 g/mol. The Labute approximate surface area is 315 Å². The number of hydrogen-bond donors (Lipinski definition) is 0. The summed E-state index contributed by atoms with van der Waals surface area (Å²) in [4.78, 5) is 11.0. The van der Waals surface area contributed by atoms with Gasteiger partial charge in [0.15, 0.2) is 5.82 Å². The first-order chi connectivity index (χ1) is 26.8. The van der Waals surface area contributed by atoms with Crippen LogP contribution in [-0.4, -0.2) is 9.97 Å². The predicted octanol–water partition coefficient (Wildman–Crippen LogP) is 14.2. The lowest BCUT2D eigenvalue weighted by atomic mass is 9.86. The Kier molecular flexibility index (Phi) is 7.04. The average Bonchev–Trinajstić information content (AvgIpc) is 3.82. The molecule has 11 rings (SSSR count). The fraction of sp³-hybridized carbons (Fsp3) is 0. The Morgan fingerprint density at radius 3 is 1.87 bits per heavy atom. The summed E-state index contributed by atoms with van der Waals surface area (Å²) in [5.74, 6) is 0.698. The van der Waals surface area contributed by atoms with Crippen molar-refractivity contribution in [1.29, 1.82) is 0 Å². The van der Waals surface area contributed by atoms with E-state index in [-0.39, 0.29) is 0 Å². The van der Waals surface area contributed by atoms with E-state index in [1.165, 1.54) is 15.5 Å². The van der Waals surface area contributed by atoms with Crippen LogP contribution in [0.5, 0.6) is 0 Å². The van der Waals surface area contributed by atoms with Gasteiger partial charge in [-0.2, -0.15) is 0 Å². The van der Waals surface area contributed by atoms with Crippen molar-refractivity contribution < 1.29 is 4.42 Å². The van der Waals surface area contributed by atoms with Gasteiger partial charge in [0.1, 0.15) is 11.2 Å². The Morgan fingerprint density at radius 2 is 1.07 bits per heavy atom. The van der Waals surface area contributed by atoms with Crippen LogP contribution in [0.15, 0.2) is 186 Å². The number of nitrogens with zero attached hydrogens (tertiary/aromatic N) is 2. The second-order valence-electron chi connectivity index (χ2n) is 13.7. The van der Waals surface area contributed by atoms with Crippen molar-refractivity contribution in [2.75, 3.05) is 0 Å². The van der Waals surface area contributed by atoms with E-state index >= 15 is 0 Å². The molecular weight excluding hydrogens is 677 g/mol. The van der Waals surface area contributed by atoms with E-state index < -0.39 is 0 Å². The molecule has 0 bridgehead atoms. The number of rotatable bonds is 5. The first-order valence-corrected chi connectivity index (χ1v) is 19.0. The quantitative estimate of drug-likeness (QED) is 0.179. The molecule has 0 radical (unpaired) electrons. The summed E-state index contributed by atoms with van der Waals surface area (Å²) in [6, 6.07) is 64.4. The van der Waals surface area contributed by atoms with E-state index in [4.69, 9.17) is 14.4 Å². The normalized spacial score (nSPS) is 11.7. The van der Waals surface area contributed by atoms with E-state index in [9.17, 15) is 0 Å². The van der Waals surface area contributed by atoms with Crippen molar-refractivity contribution in [2.24, 2.45) is 0 Å². The van der Waals surface area contributed by atoms with Gasteiger partial charge in [-0.05, 0) is 75.0 Å². The zero-order valence-corrected chi connectivity index (χ0v) is 29.8. The van der Waals surface area contributed by atoms with Gasteiger partial charge in [0, 0.05) is 37.5 Å². The summed E-state index contributed by atoms with van der Waals surface area (Å²) in [6.07, 6.45) is 0. The standard InChI is InChI=1S/C50H30N2OS/c1-4-14-31(15-5-1)36-29-39(35-25-26-42-40(28-35)46-37-21-11-10-16-32(37)24-27-43(46)53-42)45(33-17-6-2-7-18-33)41(30-36)50-51-47(34-19-8-3-9-20-34)49-48(52-50)38-22-12-13-23-44(38)54-49/h1-30H. The average molecular weight is 707 g/mol. The second kappa shape index (κ2) is 12.4. The third kappa shape index (κ3) is 4.96. The Balaban J connectivity index is 1.26. The molecular formula is C50H30N2OS. The summed E-state index contributed by atoms with van der Waals surface area (Å²) in [7, 11) is 0. The van der Waals surface area contributed by atoms with E-state index in [1.54, 1.807) is 11.3 Å². The predicted molar refractivity (Wildman–Crippen MR) is 227 cm³/mol. The Hall–Kier alpha value is -6.88. The number of fused-ring (bicyclic) bond motifs is 8. The van der Waals surface area contributed by atoms with E-state index in [0.29, 0.717) is 5.82 Å². The van der Waals surface area contributed by atoms with Gasteiger partial charge in [-0.3, -0.25) is 0 Å². The SMILES string of the molecule is c1ccc(-c2cc(-c3ccc4oc5ccc6ccccc6c5c4c3)c(-c3ccccc3)c(-c3nc(-c4ccccc4)c4sc5ccccc5c4n3)c2)cc1. The first kappa shape index (κ1) is 30.7. The molecule has 0 aliphatic carbocycles. The Bertz CT molecular complexity index is 3200. The third-order valence-electron chi connectivity index (χ3n) is 10.5. The van der Waals surface area contributed by atoms with Crippen LogP contribution in [0.1, 0.15) is 0 Å². The lowest BCUT2D eigenvalue weighted by molar-refractivity contribution is 0.669. The minimum Gasteiger partial charge on any atom is -0.456 e. The molecule has 0 N–H and O–H groups in total. The molecule has 0 aliphatic heterocycles. The summed E-state index contributed by atoms with van der Waals surface area (Å²) >= 11 is 1.76. The van der Waals surface area contributed by atoms with Crippen LogP contribution in [0.3, 0.4) is 0 Å². The maximum Gasteiger partial charge on any atom is 0.161 e. The molecule has 54 heavy (non-hydrogen) atoms. The zero-order valence-electron chi connectivity index (χ0n) is 29.0. The van der Waals surface area contributed by atoms with E-state index in [1.807, 2.05) is 0 Å². The van der Waals surface area contributed by atoms with Crippen molar-refractivity contribution >= 4 is 64.4 Å². The number of hydrogen-bond acceptors (Lipinski definition) is 4. The van der Waals surface area contributed by atoms with Gasteiger partial charge in [0.05, 0.1) is 15.9 Å². The lowest BCUT2D eigenvalue weighted by Gasteiger charge is -2.19. The number of thiophene rings is 1. The fourth-order valence-electron chi connectivity index (χ4n) is 7.98. The van der Waals surface area contributed by atoms with Crippen molar-refractivity contribution in [3.63, 3.8) is 0 Å². The van der Waals surface area contributed by atoms with Crippen molar-refractivity contribution in [2.45, 2.75) is 0 Å². The molecule has 252 valence electrons. The van der Waals surface area contributed by atoms with E-state index in [2.05, 4.69) is 182 Å². The lowest BCUT2D eigenvalue weighted by Crippen LogP contribution is -1.98. The molecule has 3 aromatic heterocycles. The molecule has 3 nitrogen and oxygen atoms in total. The van der Waals surface area contributed by atoms with Gasteiger partial charge in [0.25, 0.3) is 0 Å². The number of benzene rings is 8. The molecule has 0 atom stereocenters. The highest BCUT2D eigenvalue weighted by atomic mass is 32.1. The summed E-state index contributed by atoms with van der Waals surface area (Å²) in [5, 5.41) is 5.75. The molecule has 0 fully saturated rings. The molecule has 0 spiro atoms. The van der Waals surface area contributed by atoms with Crippen molar-refractivity contribution in [3.8, 4) is 56.0 Å². The maximum absolute atomic E-state index is 6.46. The highest BCUT2D eigenvalue weighted by molar-refractivity contribution is 7.26. The Morgan fingerprint density at radius 1 is 0.426 bits per heavy atom. The second-order valence-corrected chi connectivity index (χ2v) is 14.7. The van der Waals surface area contributed by atoms with Gasteiger partial charge < -0.3 is 4.42 Å². The minimum absolute atomic E-state index is 0.698. The van der Waals surface area contributed by atoms with Crippen LogP contribution in [-0.2, 0) is 0 Å². The van der Waals surface area contributed by atoms with Crippen LogP contribution in [0.25, 0.3) is 109 Å². The highest BCUT2D eigenvalue weighted by Gasteiger charge is 2.23. The summed E-state index contributed by atoms with van der Waals surface area (Å²) in [6.45, 7) is 0. The maximum atomic E-state index is 6.46. The molecule has 4 heteroatoms. The summed E-state index contributed by atoms with van der Waals surface area (Å²) < 4.78 is 8.75. The molecule has 0 unspecified atom stereocenters. The van der Waals surface area contributed by atoms with Crippen LogP contribution in [0.4, 0.5) is 0 Å². The molecule has 11 aromatic rings. The van der Waals surface area contributed by atoms with Crippen LogP contribution in [0, 0.1) is 0 Å². The van der Waals surface area contributed by atoms with Gasteiger partial charge >= 0.3 is 0 Å². The van der Waals surface area contributed by atoms with Gasteiger partial charge in [-0.1, -0.05) is 146 Å². The molecule has 0 saturated carbocycles. The minimum atomic E-state index is 0.698. The first-order valence-electron chi connectivity index (χ1n) is 18.2. The largest absolute Gasteiger partial charge is 0.456 e. The van der Waals surface area contributed by atoms with Crippen molar-refractivity contribution in [1.82, 2.24) is 9.97 Å². The van der Waals surface area contributed by atoms with Crippen LogP contribution >= 0.6 is 11.3 Å². The van der Waals surface area contributed by atoms with Crippen molar-refractivity contribution in [3.05, 3.63) is 182 Å². The zero-order chi connectivity index (χ0) is 35.6. The topological polar surface area (TPSA) is 38.9 Å². The van der Waals surface area contributed by atoms with Gasteiger partial charge in [-0.15, -0.1) is 11.3 Å². The van der Waals surface area contributed by atoms with Gasteiger partial charge in [-0.25, -0.2) is 9.97 Å². The van der Waals surface area contributed by atoms with E-state index in [0.717, 1.165) is 87.7 Å². The van der Waals surface area contributed by atoms with Gasteiger partial charge in [0.2, 0.25) is 0 Å². The van der Waals surface area contributed by atoms with Crippen LogP contribution < -0.4 is 0 Å². The molecule has 0 aliphatic rings. The highest BCUT2D eigenvalue weighted by Crippen LogP contribution is 2.46. The number of aromatic nitrogens is 2. The van der Waals surface area contributed by atoms with Crippen LogP contribution in [0.2, 0.25) is 0 Å². The molecule has 8 aromatic carbocycles. The molecule has 0 amide bonds. The molecule has 0 saturated heterocycles. The third-order valence-corrected chi connectivity index (χ3v) is 11.7. The molecule has 3 heterocycles. The fourth-order valence-corrected chi connectivity index (χ4v) is 9.13. The summed E-state index contributed by atoms with van der Waals surface area (Å²) in [5.41, 5.74) is 12.4. The smallest absolute Gasteiger partial charge is 0.161 e.